The number of allylic oxidation sites excluding steroid dienone is 1. The fraction of sp³-hybridized carbons (Fsp3) is 0.500. The van der Waals surface area contributed by atoms with Crippen LogP contribution in [0.5, 0.6) is 0 Å². The van der Waals surface area contributed by atoms with Crippen LogP contribution in [0.4, 0.5) is 0 Å². The Bertz CT molecular complexity index is 551. The van der Waals surface area contributed by atoms with Gasteiger partial charge in [0.25, 0.3) is 0 Å². The molecule has 124 valence electrons. The predicted molar refractivity (Wildman–Crippen MR) is 84.1 cm³/mol. The lowest BCUT2D eigenvalue weighted by atomic mass is 10.1. The molecule has 5 nitrogen and oxygen atoms in total. The molecule has 0 N–H and O–H groups in total. The molecule has 4 bridgehead atoms. The van der Waals surface area contributed by atoms with E-state index in [1.54, 1.807) is 19.2 Å². The number of ether oxygens (including phenoxy) is 4. The van der Waals surface area contributed by atoms with E-state index in [4.69, 9.17) is 18.9 Å². The Morgan fingerprint density at radius 3 is 2.78 bits per heavy atom. The van der Waals surface area contributed by atoms with E-state index < -0.39 is 6.29 Å². The Kier molecular flexibility index (Phi) is 5.43. The summed E-state index contributed by atoms with van der Waals surface area (Å²) in [6.07, 6.45) is 6.10. The number of esters is 1. The Morgan fingerprint density at radius 1 is 1.17 bits per heavy atom. The second kappa shape index (κ2) is 7.73. The predicted octanol–water partition coefficient (Wildman–Crippen LogP) is 3.01. The first-order chi connectivity index (χ1) is 11.3. The number of fused-ring (bicyclic) bond motifs is 9. The summed E-state index contributed by atoms with van der Waals surface area (Å²) in [6, 6.07) is 7.18. The maximum absolute atomic E-state index is 11.9. The van der Waals surface area contributed by atoms with Crippen molar-refractivity contribution in [2.75, 3.05) is 20.3 Å². The molecule has 3 aliphatic heterocycles. The normalized spacial score (nSPS) is 30.1. The standard InChI is InChI=1S/C18H22O5/c1-20-15-6-4-2-3-5-11-21-17(19)13-7-9-14(10-8-13)18-22-12-16(15)23-18/h2,4,7-10,15-16,18H,3,5-6,11-12H2,1H3/b4-2+/t15-,16+,18-/m0/s1. The van der Waals surface area contributed by atoms with Crippen LogP contribution in [0, 0.1) is 0 Å². The van der Waals surface area contributed by atoms with Crippen molar-refractivity contribution >= 4 is 5.97 Å². The third-order valence-corrected chi connectivity index (χ3v) is 4.13. The van der Waals surface area contributed by atoms with Crippen molar-refractivity contribution in [1.82, 2.24) is 0 Å². The van der Waals surface area contributed by atoms with Gasteiger partial charge in [0, 0.05) is 12.7 Å². The molecule has 3 heterocycles. The van der Waals surface area contributed by atoms with E-state index in [-0.39, 0.29) is 18.2 Å². The smallest absolute Gasteiger partial charge is 0.338 e. The van der Waals surface area contributed by atoms with E-state index in [0.717, 1.165) is 24.8 Å². The molecule has 1 fully saturated rings. The van der Waals surface area contributed by atoms with Crippen molar-refractivity contribution in [3.05, 3.63) is 47.5 Å². The Morgan fingerprint density at radius 2 is 2.00 bits per heavy atom. The topological polar surface area (TPSA) is 54.0 Å². The first-order valence-electron chi connectivity index (χ1n) is 8.00. The van der Waals surface area contributed by atoms with Gasteiger partial charge in [0.05, 0.1) is 24.9 Å². The summed E-state index contributed by atoms with van der Waals surface area (Å²) in [6.45, 7) is 0.927. The molecule has 0 saturated carbocycles. The van der Waals surface area contributed by atoms with Gasteiger partial charge in [0.15, 0.2) is 6.29 Å². The van der Waals surface area contributed by atoms with Gasteiger partial charge in [0.2, 0.25) is 0 Å². The fourth-order valence-corrected chi connectivity index (χ4v) is 2.76. The maximum atomic E-state index is 11.9. The monoisotopic (exact) mass is 318 g/mol. The van der Waals surface area contributed by atoms with Gasteiger partial charge >= 0.3 is 5.97 Å². The molecule has 0 spiro atoms. The highest BCUT2D eigenvalue weighted by molar-refractivity contribution is 5.89. The van der Waals surface area contributed by atoms with Crippen LogP contribution in [0.3, 0.4) is 0 Å². The van der Waals surface area contributed by atoms with Crippen LogP contribution in [0.1, 0.15) is 41.5 Å². The largest absolute Gasteiger partial charge is 0.462 e. The van der Waals surface area contributed by atoms with E-state index in [1.165, 1.54) is 0 Å². The zero-order valence-electron chi connectivity index (χ0n) is 13.3. The van der Waals surface area contributed by atoms with Crippen molar-refractivity contribution in [2.24, 2.45) is 0 Å². The van der Waals surface area contributed by atoms with Crippen molar-refractivity contribution in [1.29, 1.82) is 0 Å². The van der Waals surface area contributed by atoms with Crippen molar-refractivity contribution < 1.29 is 23.7 Å². The molecule has 3 atom stereocenters. The summed E-state index contributed by atoms with van der Waals surface area (Å²) in [5, 5.41) is 0. The van der Waals surface area contributed by atoms with Crippen LogP contribution in [0.25, 0.3) is 0 Å². The summed E-state index contributed by atoms with van der Waals surface area (Å²) < 4.78 is 22.5. The Labute approximate surface area is 136 Å². The number of rotatable bonds is 1. The summed E-state index contributed by atoms with van der Waals surface area (Å²) in [7, 11) is 1.70. The number of methoxy groups -OCH3 is 1. The molecule has 0 aliphatic carbocycles. The lowest BCUT2D eigenvalue weighted by Crippen LogP contribution is -2.29. The number of carbonyl (C=O) groups is 1. The summed E-state index contributed by atoms with van der Waals surface area (Å²) in [5.74, 6) is -0.293. The zero-order valence-corrected chi connectivity index (χ0v) is 13.3. The van der Waals surface area contributed by atoms with Gasteiger partial charge in [-0.2, -0.15) is 0 Å². The lowest BCUT2D eigenvalue weighted by Gasteiger charge is -2.20. The van der Waals surface area contributed by atoms with E-state index in [1.807, 2.05) is 12.1 Å². The number of carbonyl (C=O) groups excluding carboxylic acids is 1. The van der Waals surface area contributed by atoms with Crippen molar-refractivity contribution in [3.8, 4) is 0 Å². The third kappa shape index (κ3) is 3.99. The minimum Gasteiger partial charge on any atom is -0.462 e. The third-order valence-electron chi connectivity index (χ3n) is 4.13. The molecule has 0 unspecified atom stereocenters. The molecule has 1 aromatic rings. The SMILES string of the molecule is CO[C@H]1C/C=C/CCCOC(=O)c2ccc(cc2)[C@H]2OC[C@H]1O2. The molecule has 0 amide bonds. The molecule has 23 heavy (non-hydrogen) atoms. The molecular formula is C18H22O5. The van der Waals surface area contributed by atoms with E-state index in [9.17, 15) is 4.79 Å². The fourth-order valence-electron chi connectivity index (χ4n) is 2.76. The molecule has 3 aliphatic rings. The zero-order chi connectivity index (χ0) is 16.1. The summed E-state index contributed by atoms with van der Waals surface area (Å²) >= 11 is 0. The van der Waals surface area contributed by atoms with Gasteiger partial charge in [-0.25, -0.2) is 4.79 Å². The van der Waals surface area contributed by atoms with Gasteiger partial charge in [-0.1, -0.05) is 24.3 Å². The average molecular weight is 318 g/mol. The molecule has 5 heteroatoms. The first-order valence-corrected chi connectivity index (χ1v) is 8.00. The minimum atomic E-state index is -0.417. The maximum Gasteiger partial charge on any atom is 0.338 e. The van der Waals surface area contributed by atoms with Crippen LogP contribution in [0.2, 0.25) is 0 Å². The number of hydrogen-bond donors (Lipinski definition) is 0. The average Bonchev–Trinajstić information content (AvgIpc) is 3.06. The van der Waals surface area contributed by atoms with Gasteiger partial charge in [-0.3, -0.25) is 0 Å². The second-order valence-corrected chi connectivity index (χ2v) is 5.72. The molecule has 0 radical (unpaired) electrons. The van der Waals surface area contributed by atoms with Crippen LogP contribution in [-0.4, -0.2) is 38.5 Å². The van der Waals surface area contributed by atoms with E-state index >= 15 is 0 Å². The first kappa shape index (κ1) is 16.2. The summed E-state index contributed by atoms with van der Waals surface area (Å²) in [4.78, 5) is 11.9. The van der Waals surface area contributed by atoms with Crippen LogP contribution in [-0.2, 0) is 18.9 Å². The summed E-state index contributed by atoms with van der Waals surface area (Å²) in [5.41, 5.74) is 1.43. The highest BCUT2D eigenvalue weighted by Gasteiger charge is 2.33. The van der Waals surface area contributed by atoms with Crippen LogP contribution in [0.15, 0.2) is 36.4 Å². The Balaban J connectivity index is 1.78. The molecule has 0 aromatic heterocycles. The molecular weight excluding hydrogens is 296 g/mol. The van der Waals surface area contributed by atoms with Gasteiger partial charge in [-0.15, -0.1) is 0 Å². The Hall–Kier alpha value is -1.69. The van der Waals surface area contributed by atoms with Crippen molar-refractivity contribution in [2.45, 2.75) is 37.8 Å². The highest BCUT2D eigenvalue weighted by Crippen LogP contribution is 2.30. The minimum absolute atomic E-state index is 0.0266. The van der Waals surface area contributed by atoms with Crippen LogP contribution < -0.4 is 0 Å². The molecule has 1 saturated heterocycles. The second-order valence-electron chi connectivity index (χ2n) is 5.72. The van der Waals surface area contributed by atoms with Crippen molar-refractivity contribution in [3.63, 3.8) is 0 Å². The van der Waals surface area contributed by atoms with E-state index in [2.05, 4.69) is 12.2 Å². The lowest BCUT2D eigenvalue weighted by molar-refractivity contribution is -0.0891. The van der Waals surface area contributed by atoms with Gasteiger partial charge in [0.1, 0.15) is 6.10 Å². The quantitative estimate of drug-likeness (QED) is 0.588. The highest BCUT2D eigenvalue weighted by atomic mass is 16.7. The van der Waals surface area contributed by atoms with E-state index in [0.29, 0.717) is 18.8 Å². The van der Waals surface area contributed by atoms with Crippen LogP contribution >= 0.6 is 0 Å². The van der Waals surface area contributed by atoms with Gasteiger partial charge < -0.3 is 18.9 Å². The number of hydrogen-bond acceptors (Lipinski definition) is 5. The number of benzene rings is 1. The molecule has 1 aromatic carbocycles. The molecule has 4 rings (SSSR count). The van der Waals surface area contributed by atoms with Gasteiger partial charge in [-0.05, 0) is 31.4 Å².